The molecule has 1 aliphatic heterocycles. The summed E-state index contributed by atoms with van der Waals surface area (Å²) >= 11 is 0. The summed E-state index contributed by atoms with van der Waals surface area (Å²) in [6.45, 7) is 2.61. The summed E-state index contributed by atoms with van der Waals surface area (Å²) in [5.74, 6) is -0.286. The number of para-hydroxylation sites is 1. The Morgan fingerprint density at radius 2 is 2.37 bits per heavy atom. The molecule has 1 aromatic carbocycles. The average molecular weight is 264 g/mol. The molecule has 5 nitrogen and oxygen atoms in total. The third-order valence-corrected chi connectivity index (χ3v) is 3.46. The first-order chi connectivity index (χ1) is 9.08. The first kappa shape index (κ1) is 13.7. The first-order valence-electron chi connectivity index (χ1n) is 6.51. The van der Waals surface area contributed by atoms with Crippen LogP contribution in [-0.4, -0.2) is 42.7 Å². The van der Waals surface area contributed by atoms with Crippen LogP contribution in [0.15, 0.2) is 18.2 Å². The molecule has 19 heavy (non-hydrogen) atoms. The lowest BCUT2D eigenvalue weighted by Gasteiger charge is -2.29. The van der Waals surface area contributed by atoms with Crippen molar-refractivity contribution >= 4 is 11.7 Å². The zero-order valence-electron chi connectivity index (χ0n) is 11.1. The zero-order valence-corrected chi connectivity index (χ0v) is 11.1. The molecule has 1 unspecified atom stereocenters. The summed E-state index contributed by atoms with van der Waals surface area (Å²) in [6, 6.07) is 4.80. The second-order valence-electron chi connectivity index (χ2n) is 5.11. The van der Waals surface area contributed by atoms with Gasteiger partial charge in [0.2, 0.25) is 0 Å². The number of hydrogen-bond acceptors (Lipinski definition) is 4. The molecule has 0 aliphatic carbocycles. The van der Waals surface area contributed by atoms with Crippen molar-refractivity contribution in [3.63, 3.8) is 0 Å². The van der Waals surface area contributed by atoms with Crippen LogP contribution in [-0.2, 0) is 0 Å². The molecule has 2 rings (SSSR count). The number of aromatic carboxylic acids is 1. The van der Waals surface area contributed by atoms with Crippen LogP contribution in [0.4, 0.5) is 5.69 Å². The maximum Gasteiger partial charge on any atom is 0.339 e. The van der Waals surface area contributed by atoms with E-state index in [9.17, 15) is 4.79 Å². The largest absolute Gasteiger partial charge is 0.490 e. The molecule has 0 aromatic heterocycles. The predicted octanol–water partition coefficient (Wildman–Crippen LogP) is 1.69. The summed E-state index contributed by atoms with van der Waals surface area (Å²) in [4.78, 5) is 13.4. The second-order valence-corrected chi connectivity index (χ2v) is 5.11. The van der Waals surface area contributed by atoms with Crippen LogP contribution in [0.2, 0.25) is 0 Å². The highest BCUT2D eigenvalue weighted by molar-refractivity contribution is 5.93. The van der Waals surface area contributed by atoms with Gasteiger partial charge in [-0.25, -0.2) is 4.79 Å². The molecule has 0 saturated carbocycles. The molecule has 0 amide bonds. The lowest BCUT2D eigenvalue weighted by molar-refractivity contribution is 0.0689. The van der Waals surface area contributed by atoms with Gasteiger partial charge in [0.1, 0.15) is 5.56 Å². The van der Waals surface area contributed by atoms with E-state index >= 15 is 0 Å². The zero-order chi connectivity index (χ0) is 13.8. The molecular formula is C14H20N2O3. The number of nitrogens with two attached hydrogens (primary N) is 1. The fourth-order valence-electron chi connectivity index (χ4n) is 2.49. The number of hydrogen-bond donors (Lipinski definition) is 2. The standard InChI is InChI=1S/C14H20N2O3/c1-16-7-3-4-10(8-16)9-19-13-11(14(17)18)5-2-6-12(13)15/h2,5-6,10H,3-4,7-9,15H2,1H3,(H,17,18). The van der Waals surface area contributed by atoms with E-state index in [4.69, 9.17) is 15.6 Å². The third kappa shape index (κ3) is 3.38. The molecule has 3 N–H and O–H groups in total. The first-order valence-corrected chi connectivity index (χ1v) is 6.51. The van der Waals surface area contributed by atoms with Gasteiger partial charge in [-0.1, -0.05) is 6.07 Å². The summed E-state index contributed by atoms with van der Waals surface area (Å²) in [7, 11) is 2.09. The van der Waals surface area contributed by atoms with Gasteiger partial charge in [-0.3, -0.25) is 0 Å². The van der Waals surface area contributed by atoms with Gasteiger partial charge >= 0.3 is 5.97 Å². The van der Waals surface area contributed by atoms with Gasteiger partial charge in [0.15, 0.2) is 5.75 Å². The number of carboxylic acid groups (broad SMARTS) is 1. The molecule has 0 radical (unpaired) electrons. The molecule has 0 bridgehead atoms. The average Bonchev–Trinajstić information content (AvgIpc) is 2.37. The highest BCUT2D eigenvalue weighted by atomic mass is 16.5. The van der Waals surface area contributed by atoms with Crippen LogP contribution in [0.3, 0.4) is 0 Å². The number of likely N-dealkylation sites (tertiary alicyclic amines) is 1. The van der Waals surface area contributed by atoms with Crippen molar-refractivity contribution in [2.24, 2.45) is 5.92 Å². The Hall–Kier alpha value is -1.75. The van der Waals surface area contributed by atoms with Gasteiger partial charge in [-0.15, -0.1) is 0 Å². The van der Waals surface area contributed by atoms with Crippen molar-refractivity contribution in [1.29, 1.82) is 0 Å². The molecule has 1 heterocycles. The van der Waals surface area contributed by atoms with Crippen molar-refractivity contribution in [1.82, 2.24) is 4.90 Å². The van der Waals surface area contributed by atoms with E-state index in [0.29, 0.717) is 24.0 Å². The molecule has 1 aliphatic rings. The van der Waals surface area contributed by atoms with E-state index in [1.54, 1.807) is 12.1 Å². The highest BCUT2D eigenvalue weighted by Gasteiger charge is 2.20. The van der Waals surface area contributed by atoms with Gasteiger partial charge in [0, 0.05) is 12.5 Å². The maximum atomic E-state index is 11.1. The van der Waals surface area contributed by atoms with Crippen molar-refractivity contribution < 1.29 is 14.6 Å². The molecule has 1 fully saturated rings. The molecular weight excluding hydrogens is 244 g/mol. The number of piperidine rings is 1. The molecule has 1 atom stereocenters. The minimum atomic E-state index is -1.01. The minimum Gasteiger partial charge on any atom is -0.490 e. The van der Waals surface area contributed by atoms with Crippen LogP contribution in [0.5, 0.6) is 5.75 Å². The van der Waals surface area contributed by atoms with E-state index in [0.717, 1.165) is 25.9 Å². The quantitative estimate of drug-likeness (QED) is 0.809. The second kappa shape index (κ2) is 5.93. The lowest BCUT2D eigenvalue weighted by Crippen LogP contribution is -2.35. The van der Waals surface area contributed by atoms with Crippen LogP contribution in [0, 0.1) is 5.92 Å². The van der Waals surface area contributed by atoms with E-state index in [-0.39, 0.29) is 5.56 Å². The fourth-order valence-corrected chi connectivity index (χ4v) is 2.49. The number of carbonyl (C=O) groups is 1. The van der Waals surface area contributed by atoms with Gasteiger partial charge < -0.3 is 20.5 Å². The normalized spacial score (nSPS) is 20.2. The molecule has 1 saturated heterocycles. The Kier molecular flexibility index (Phi) is 4.27. The molecule has 1 aromatic rings. The van der Waals surface area contributed by atoms with Crippen LogP contribution in [0.25, 0.3) is 0 Å². The maximum absolute atomic E-state index is 11.1. The van der Waals surface area contributed by atoms with Crippen molar-refractivity contribution in [2.75, 3.05) is 32.5 Å². The Bertz CT molecular complexity index is 462. The van der Waals surface area contributed by atoms with Gasteiger partial charge in [-0.2, -0.15) is 0 Å². The van der Waals surface area contributed by atoms with Gasteiger partial charge in [0.05, 0.1) is 12.3 Å². The molecule has 104 valence electrons. The van der Waals surface area contributed by atoms with E-state index in [1.165, 1.54) is 6.07 Å². The summed E-state index contributed by atoms with van der Waals surface area (Å²) < 4.78 is 5.68. The fraction of sp³-hybridized carbons (Fsp3) is 0.500. The number of ether oxygens (including phenoxy) is 1. The number of anilines is 1. The molecule has 0 spiro atoms. The van der Waals surface area contributed by atoms with Crippen molar-refractivity contribution in [2.45, 2.75) is 12.8 Å². The SMILES string of the molecule is CN1CCCC(COc2c(N)cccc2C(=O)O)C1. The number of rotatable bonds is 4. The van der Waals surface area contributed by atoms with Crippen molar-refractivity contribution in [3.8, 4) is 5.75 Å². The van der Waals surface area contributed by atoms with Crippen LogP contribution < -0.4 is 10.5 Å². The minimum absolute atomic E-state index is 0.129. The molecule has 5 heteroatoms. The Morgan fingerprint density at radius 3 is 3.05 bits per heavy atom. The van der Waals surface area contributed by atoms with Gasteiger partial charge in [0.25, 0.3) is 0 Å². The highest BCUT2D eigenvalue weighted by Crippen LogP contribution is 2.27. The Balaban J connectivity index is 2.04. The summed E-state index contributed by atoms with van der Waals surface area (Å²) in [5.41, 5.74) is 6.31. The van der Waals surface area contributed by atoms with E-state index in [2.05, 4.69) is 11.9 Å². The topological polar surface area (TPSA) is 75.8 Å². The van der Waals surface area contributed by atoms with Crippen LogP contribution >= 0.6 is 0 Å². The van der Waals surface area contributed by atoms with Crippen molar-refractivity contribution in [3.05, 3.63) is 23.8 Å². The van der Waals surface area contributed by atoms with Gasteiger partial charge in [-0.05, 0) is 38.6 Å². The number of nitrogens with zero attached hydrogens (tertiary/aromatic N) is 1. The number of carboxylic acids is 1. The van der Waals surface area contributed by atoms with Crippen LogP contribution in [0.1, 0.15) is 23.2 Å². The summed E-state index contributed by atoms with van der Waals surface area (Å²) in [6.07, 6.45) is 2.26. The van der Waals surface area contributed by atoms with E-state index in [1.807, 2.05) is 0 Å². The predicted molar refractivity (Wildman–Crippen MR) is 73.5 cm³/mol. The number of nitrogen functional groups attached to an aromatic ring is 1. The monoisotopic (exact) mass is 264 g/mol. The summed E-state index contributed by atoms with van der Waals surface area (Å²) in [5, 5.41) is 9.13. The number of benzene rings is 1. The Morgan fingerprint density at radius 1 is 1.58 bits per heavy atom. The smallest absolute Gasteiger partial charge is 0.339 e. The Labute approximate surface area is 113 Å². The van der Waals surface area contributed by atoms with E-state index < -0.39 is 5.97 Å². The third-order valence-electron chi connectivity index (χ3n) is 3.46. The lowest BCUT2D eigenvalue weighted by atomic mass is 9.99.